The van der Waals surface area contributed by atoms with E-state index < -0.39 is 0 Å². The predicted octanol–water partition coefficient (Wildman–Crippen LogP) is 4.82. The molecule has 124 valence electrons. The van der Waals surface area contributed by atoms with E-state index in [1.165, 1.54) is 39.0 Å². The zero-order chi connectivity index (χ0) is 16.5. The van der Waals surface area contributed by atoms with Crippen LogP contribution >= 0.6 is 0 Å². The predicted molar refractivity (Wildman–Crippen MR) is 93.8 cm³/mol. The van der Waals surface area contributed by atoms with Gasteiger partial charge in [0.15, 0.2) is 0 Å². The Morgan fingerprint density at radius 3 is 2.00 bits per heavy atom. The molecule has 1 fully saturated rings. The highest BCUT2D eigenvalue weighted by Gasteiger charge is 2.19. The molecule has 3 heteroatoms. The van der Waals surface area contributed by atoms with E-state index in [0.29, 0.717) is 0 Å². The van der Waals surface area contributed by atoms with E-state index in [1.54, 1.807) is 6.07 Å². The van der Waals surface area contributed by atoms with E-state index in [4.69, 9.17) is 5.26 Å². The summed E-state index contributed by atoms with van der Waals surface area (Å²) in [4.78, 5) is 0. The van der Waals surface area contributed by atoms with Crippen LogP contribution in [0, 0.1) is 23.2 Å². The molecule has 0 amide bonds. The molecule has 0 aromatic heterocycles. The summed E-state index contributed by atoms with van der Waals surface area (Å²) in [5, 5.41) is 14.0. The third-order valence-corrected chi connectivity index (χ3v) is 3.74. The van der Waals surface area contributed by atoms with Crippen molar-refractivity contribution in [3.05, 3.63) is 12.4 Å². The first kappa shape index (κ1) is 22.1. The second kappa shape index (κ2) is 16.9. The maximum atomic E-state index is 7.32. The largest absolute Gasteiger partial charge is 0.372 e. The van der Waals surface area contributed by atoms with Crippen LogP contribution in [0.5, 0.6) is 0 Å². The summed E-state index contributed by atoms with van der Waals surface area (Å²) < 4.78 is 0. The van der Waals surface area contributed by atoms with Gasteiger partial charge in [-0.25, -0.2) is 0 Å². The fraction of sp³-hybridized carbons (Fsp3) is 0.833. The Kier molecular flexibility index (Phi) is 17.8. The number of nitrogens with one attached hydrogen (secondary N) is 2. The van der Waals surface area contributed by atoms with Gasteiger partial charge in [-0.3, -0.25) is 0 Å². The van der Waals surface area contributed by atoms with E-state index in [9.17, 15) is 0 Å². The van der Waals surface area contributed by atoms with E-state index in [1.807, 2.05) is 13.8 Å². The number of hydrogen-bond acceptors (Lipinski definition) is 3. The number of nitrogens with zero attached hydrogens (tertiary/aromatic N) is 1. The molecule has 0 atom stereocenters. The quantitative estimate of drug-likeness (QED) is 0.708. The van der Waals surface area contributed by atoms with Crippen LogP contribution in [0.2, 0.25) is 0 Å². The lowest BCUT2D eigenvalue weighted by molar-refractivity contribution is 0.265. The molecule has 1 saturated carbocycles. The van der Waals surface area contributed by atoms with Crippen LogP contribution in [0.1, 0.15) is 73.1 Å². The van der Waals surface area contributed by atoms with Crippen molar-refractivity contribution in [3.8, 4) is 6.07 Å². The van der Waals surface area contributed by atoms with Crippen molar-refractivity contribution < 1.29 is 0 Å². The minimum Gasteiger partial charge on any atom is -0.372 e. The van der Waals surface area contributed by atoms with Crippen molar-refractivity contribution in [3.63, 3.8) is 0 Å². The van der Waals surface area contributed by atoms with Crippen molar-refractivity contribution in [1.82, 2.24) is 10.6 Å². The molecule has 3 nitrogen and oxygen atoms in total. The number of rotatable bonds is 7. The molecule has 21 heavy (non-hydrogen) atoms. The maximum absolute atomic E-state index is 7.32. The van der Waals surface area contributed by atoms with Gasteiger partial charge >= 0.3 is 0 Å². The summed E-state index contributed by atoms with van der Waals surface area (Å²) in [6, 6.07) is 1.75. The summed E-state index contributed by atoms with van der Waals surface area (Å²) >= 11 is 0. The third-order valence-electron chi connectivity index (χ3n) is 3.74. The van der Waals surface area contributed by atoms with Crippen LogP contribution < -0.4 is 10.6 Å². The van der Waals surface area contributed by atoms with Crippen LogP contribution in [0.25, 0.3) is 0 Å². The Bertz CT molecular complexity index is 260. The molecule has 1 aliphatic carbocycles. The van der Waals surface area contributed by atoms with Crippen LogP contribution in [-0.4, -0.2) is 13.1 Å². The van der Waals surface area contributed by atoms with Gasteiger partial charge in [0.25, 0.3) is 0 Å². The Morgan fingerprint density at radius 2 is 1.57 bits per heavy atom. The molecule has 0 saturated heterocycles. The normalized spacial score (nSPS) is 19.8. The van der Waals surface area contributed by atoms with Gasteiger partial charge in [-0.15, -0.1) is 0 Å². The lowest BCUT2D eigenvalue weighted by atomic mass is 9.81. The molecule has 0 unspecified atom stereocenters. The molecule has 0 aliphatic heterocycles. The molecule has 0 heterocycles. The van der Waals surface area contributed by atoms with Gasteiger partial charge in [-0.2, -0.15) is 5.26 Å². The minimum atomic E-state index is 0.864. The Labute approximate surface area is 133 Å². The Morgan fingerprint density at radius 1 is 1.10 bits per heavy atom. The minimum absolute atomic E-state index is 0.864. The van der Waals surface area contributed by atoms with Gasteiger partial charge in [-0.1, -0.05) is 53.5 Å². The molecule has 0 aromatic rings. The summed E-state index contributed by atoms with van der Waals surface area (Å²) in [6.07, 6.45) is 8.17. The average molecular weight is 296 g/mol. The van der Waals surface area contributed by atoms with E-state index in [0.717, 1.165) is 37.2 Å². The van der Waals surface area contributed by atoms with Gasteiger partial charge < -0.3 is 10.6 Å². The first-order valence-electron chi connectivity index (χ1n) is 8.65. The zero-order valence-corrected chi connectivity index (χ0v) is 15.0. The highest BCUT2D eigenvalue weighted by atomic mass is 15.1. The van der Waals surface area contributed by atoms with Crippen molar-refractivity contribution >= 4 is 0 Å². The van der Waals surface area contributed by atoms with Gasteiger partial charge in [-0.05, 0) is 31.1 Å². The molecule has 2 N–H and O–H groups in total. The molecule has 0 spiro atoms. The van der Waals surface area contributed by atoms with Crippen molar-refractivity contribution in [2.75, 3.05) is 13.1 Å². The van der Waals surface area contributed by atoms with E-state index in [-0.39, 0.29) is 0 Å². The standard InChI is InChI=1S/C14H28N2.C2H3N.C2H6/c1-4-10-15-12(3)16-11-14-8-6-13(5-2)7-9-14;1-2-3;1-2/h13-16H,3-11H2,1-2H3;1H3;1-2H3. The van der Waals surface area contributed by atoms with Crippen molar-refractivity contribution in [2.45, 2.75) is 73.1 Å². The summed E-state index contributed by atoms with van der Waals surface area (Å²) in [6.45, 7) is 16.0. The summed E-state index contributed by atoms with van der Waals surface area (Å²) in [7, 11) is 0. The maximum Gasteiger partial charge on any atom is 0.0912 e. The highest BCUT2D eigenvalue weighted by Crippen LogP contribution is 2.30. The van der Waals surface area contributed by atoms with Gasteiger partial charge in [0.05, 0.1) is 11.9 Å². The SMILES string of the molecule is C=C(NCCC)NCC1CCC(CC)CC1.CC.CC#N. The number of nitriles is 1. The fourth-order valence-electron chi connectivity index (χ4n) is 2.45. The van der Waals surface area contributed by atoms with Gasteiger partial charge in [0, 0.05) is 20.0 Å². The highest BCUT2D eigenvalue weighted by molar-refractivity contribution is 4.88. The van der Waals surface area contributed by atoms with Crippen molar-refractivity contribution in [1.29, 1.82) is 5.26 Å². The first-order valence-corrected chi connectivity index (χ1v) is 8.65. The molecule has 0 bridgehead atoms. The zero-order valence-electron chi connectivity index (χ0n) is 15.0. The van der Waals surface area contributed by atoms with E-state index >= 15 is 0 Å². The Hall–Kier alpha value is -1.17. The average Bonchev–Trinajstić information content (AvgIpc) is 2.54. The molecule has 0 radical (unpaired) electrons. The first-order chi connectivity index (χ1) is 10.2. The summed E-state index contributed by atoms with van der Waals surface area (Å²) in [5.74, 6) is 2.86. The third kappa shape index (κ3) is 13.6. The van der Waals surface area contributed by atoms with Gasteiger partial charge in [0.1, 0.15) is 0 Å². The molecule has 1 rings (SSSR count). The monoisotopic (exact) mass is 295 g/mol. The second-order valence-electron chi connectivity index (χ2n) is 5.30. The summed E-state index contributed by atoms with van der Waals surface area (Å²) in [5.41, 5.74) is 0. The Balaban J connectivity index is 0. The fourth-order valence-corrected chi connectivity index (χ4v) is 2.45. The van der Waals surface area contributed by atoms with Crippen LogP contribution in [-0.2, 0) is 0 Å². The van der Waals surface area contributed by atoms with E-state index in [2.05, 4.69) is 31.1 Å². The molecular formula is C18H37N3. The lowest BCUT2D eigenvalue weighted by Crippen LogP contribution is -2.31. The van der Waals surface area contributed by atoms with Crippen molar-refractivity contribution in [2.24, 2.45) is 11.8 Å². The molecule has 0 aromatic carbocycles. The topological polar surface area (TPSA) is 47.8 Å². The smallest absolute Gasteiger partial charge is 0.0912 e. The van der Waals surface area contributed by atoms with Crippen LogP contribution in [0.3, 0.4) is 0 Å². The lowest BCUT2D eigenvalue weighted by Gasteiger charge is -2.28. The van der Waals surface area contributed by atoms with Gasteiger partial charge in [0.2, 0.25) is 0 Å². The van der Waals surface area contributed by atoms with Crippen LogP contribution in [0.4, 0.5) is 0 Å². The molecule has 1 aliphatic rings. The van der Waals surface area contributed by atoms with Crippen LogP contribution in [0.15, 0.2) is 12.4 Å². The second-order valence-corrected chi connectivity index (χ2v) is 5.30. The molecular weight excluding hydrogens is 258 g/mol. The number of hydrogen-bond donors (Lipinski definition) is 2.